The Labute approximate surface area is 93.2 Å². The van der Waals surface area contributed by atoms with Crippen molar-refractivity contribution in [2.24, 2.45) is 0 Å². The average molecular weight is 224 g/mol. The zero-order chi connectivity index (χ0) is 11.4. The molecule has 0 saturated heterocycles. The molecule has 1 aromatic rings. The Morgan fingerprint density at radius 3 is 2.73 bits per heavy atom. The van der Waals surface area contributed by atoms with Gasteiger partial charge in [0.05, 0.1) is 24.3 Å². The lowest BCUT2D eigenvalue weighted by atomic mass is 10.0. The molecule has 0 saturated carbocycles. The minimum absolute atomic E-state index is 0.302. The van der Waals surface area contributed by atoms with Crippen molar-refractivity contribution < 1.29 is 9.53 Å². The largest absolute Gasteiger partial charge is 0.465 e. The number of carbonyl (C=O) groups is 1. The van der Waals surface area contributed by atoms with Gasteiger partial charge < -0.3 is 4.74 Å². The number of halogens is 1. The van der Waals surface area contributed by atoms with Crippen LogP contribution in [0.2, 0.25) is 5.02 Å². The average Bonchev–Trinajstić information content (AvgIpc) is 2.26. The first-order chi connectivity index (χ1) is 7.13. The molecule has 0 N–H and O–H groups in total. The third-order valence-corrected chi connectivity index (χ3v) is 2.43. The smallest absolute Gasteiger partial charge is 0.337 e. The number of hydrogen-bond acceptors (Lipinski definition) is 3. The van der Waals surface area contributed by atoms with Gasteiger partial charge in [-0.25, -0.2) is 4.79 Å². The molecule has 0 heterocycles. The molecule has 0 atom stereocenters. The van der Waals surface area contributed by atoms with Crippen LogP contribution in [0.1, 0.15) is 28.4 Å². The highest BCUT2D eigenvalue weighted by Crippen LogP contribution is 2.23. The van der Waals surface area contributed by atoms with Crippen molar-refractivity contribution in [1.82, 2.24) is 0 Å². The maximum Gasteiger partial charge on any atom is 0.337 e. The molecule has 78 valence electrons. The van der Waals surface area contributed by atoms with Crippen molar-refractivity contribution in [2.75, 3.05) is 7.11 Å². The van der Waals surface area contributed by atoms with Crippen LogP contribution in [0.3, 0.4) is 0 Å². The van der Waals surface area contributed by atoms with Crippen molar-refractivity contribution in [1.29, 1.82) is 5.26 Å². The van der Waals surface area contributed by atoms with E-state index in [1.165, 1.54) is 19.2 Å². The van der Waals surface area contributed by atoms with Gasteiger partial charge in [-0.1, -0.05) is 18.5 Å². The summed E-state index contributed by atoms with van der Waals surface area (Å²) in [5.74, 6) is -0.490. The van der Waals surface area contributed by atoms with Gasteiger partial charge in [0.2, 0.25) is 0 Å². The maximum atomic E-state index is 11.2. The first-order valence-electron chi connectivity index (χ1n) is 4.44. The number of hydrogen-bond donors (Lipinski definition) is 0. The summed E-state index contributed by atoms with van der Waals surface area (Å²) >= 11 is 5.96. The molecule has 0 aliphatic heterocycles. The molecular weight excluding hydrogens is 214 g/mol. The van der Waals surface area contributed by atoms with Crippen LogP contribution in [0, 0.1) is 11.3 Å². The van der Waals surface area contributed by atoms with Crippen LogP contribution in [0.25, 0.3) is 0 Å². The zero-order valence-corrected chi connectivity index (χ0v) is 9.26. The molecule has 0 spiro atoms. The number of nitriles is 1. The van der Waals surface area contributed by atoms with Crippen molar-refractivity contribution in [3.63, 3.8) is 0 Å². The summed E-state index contributed by atoms with van der Waals surface area (Å²) < 4.78 is 4.56. The third-order valence-electron chi connectivity index (χ3n) is 2.09. The fraction of sp³-hybridized carbons (Fsp3) is 0.273. The van der Waals surface area contributed by atoms with E-state index in [0.29, 0.717) is 22.6 Å². The van der Waals surface area contributed by atoms with Crippen molar-refractivity contribution in [2.45, 2.75) is 13.3 Å². The van der Waals surface area contributed by atoms with E-state index in [9.17, 15) is 4.79 Å². The van der Waals surface area contributed by atoms with Crippen molar-refractivity contribution in [3.05, 3.63) is 33.8 Å². The summed E-state index contributed by atoms with van der Waals surface area (Å²) in [6.45, 7) is 1.90. The molecule has 1 rings (SSSR count). The van der Waals surface area contributed by atoms with Gasteiger partial charge in [-0.15, -0.1) is 0 Å². The van der Waals surface area contributed by atoms with E-state index in [1.54, 1.807) is 0 Å². The van der Waals surface area contributed by atoms with Crippen LogP contribution >= 0.6 is 11.6 Å². The second kappa shape index (κ2) is 4.81. The van der Waals surface area contributed by atoms with Crippen LogP contribution in [0.5, 0.6) is 0 Å². The number of carbonyl (C=O) groups excluding carboxylic acids is 1. The second-order valence-corrected chi connectivity index (χ2v) is 3.35. The fourth-order valence-electron chi connectivity index (χ4n) is 1.33. The van der Waals surface area contributed by atoms with Crippen LogP contribution < -0.4 is 0 Å². The van der Waals surface area contributed by atoms with Gasteiger partial charge >= 0.3 is 5.97 Å². The summed E-state index contributed by atoms with van der Waals surface area (Å²) in [4.78, 5) is 11.2. The lowest BCUT2D eigenvalue weighted by Gasteiger charge is -2.06. The second-order valence-electron chi connectivity index (χ2n) is 2.94. The minimum Gasteiger partial charge on any atom is -0.465 e. The van der Waals surface area contributed by atoms with Gasteiger partial charge in [-0.2, -0.15) is 5.26 Å². The summed E-state index contributed by atoms with van der Waals surface area (Å²) in [6, 6.07) is 5.03. The number of benzene rings is 1. The number of esters is 1. The van der Waals surface area contributed by atoms with Gasteiger partial charge in [-0.3, -0.25) is 0 Å². The normalized spacial score (nSPS) is 9.47. The van der Waals surface area contributed by atoms with Crippen molar-refractivity contribution in [3.8, 4) is 6.07 Å². The quantitative estimate of drug-likeness (QED) is 0.724. The van der Waals surface area contributed by atoms with E-state index >= 15 is 0 Å². The molecule has 4 heteroatoms. The minimum atomic E-state index is -0.490. The Morgan fingerprint density at radius 1 is 1.60 bits per heavy atom. The van der Waals surface area contributed by atoms with E-state index in [4.69, 9.17) is 16.9 Å². The van der Waals surface area contributed by atoms with Gasteiger partial charge in [0, 0.05) is 5.02 Å². The Kier molecular flexibility index (Phi) is 3.70. The molecular formula is C11H10ClNO2. The number of rotatable bonds is 2. The molecule has 0 aliphatic rings. The summed E-state index contributed by atoms with van der Waals surface area (Å²) in [6.07, 6.45) is 0.656. The monoisotopic (exact) mass is 223 g/mol. The van der Waals surface area contributed by atoms with Crippen molar-refractivity contribution >= 4 is 17.6 Å². The SMILES string of the molecule is CCc1c(Cl)cc(C(=O)OC)cc1C#N. The standard InChI is InChI=1S/C11H10ClNO2/c1-3-9-8(6-13)4-7(5-10(9)12)11(14)15-2/h4-5H,3H2,1-2H3. The van der Waals surface area contributed by atoms with E-state index < -0.39 is 5.97 Å². The summed E-state index contributed by atoms with van der Waals surface area (Å²) in [5.41, 5.74) is 1.48. The molecule has 15 heavy (non-hydrogen) atoms. The van der Waals surface area contributed by atoms with E-state index in [1.807, 2.05) is 13.0 Å². The molecule has 0 fully saturated rings. The Balaban J connectivity index is 3.33. The molecule has 1 aromatic carbocycles. The molecule has 0 unspecified atom stereocenters. The van der Waals surface area contributed by atoms with Crippen LogP contribution in [0.15, 0.2) is 12.1 Å². The highest BCUT2D eigenvalue weighted by molar-refractivity contribution is 6.31. The number of ether oxygens (including phenoxy) is 1. The molecule has 0 bridgehead atoms. The number of methoxy groups -OCH3 is 1. The number of nitrogens with zero attached hydrogens (tertiary/aromatic N) is 1. The topological polar surface area (TPSA) is 50.1 Å². The molecule has 3 nitrogen and oxygen atoms in total. The predicted octanol–water partition coefficient (Wildman–Crippen LogP) is 2.56. The molecule has 0 radical (unpaired) electrons. The molecule has 0 aliphatic carbocycles. The zero-order valence-electron chi connectivity index (χ0n) is 8.50. The first kappa shape index (κ1) is 11.5. The van der Waals surface area contributed by atoms with Gasteiger partial charge in [-0.05, 0) is 24.1 Å². The van der Waals surface area contributed by atoms with E-state index in [2.05, 4.69) is 4.74 Å². The third kappa shape index (κ3) is 2.28. The van der Waals surface area contributed by atoms with Crippen LogP contribution in [0.4, 0.5) is 0 Å². The maximum absolute atomic E-state index is 11.2. The first-order valence-corrected chi connectivity index (χ1v) is 4.82. The highest BCUT2D eigenvalue weighted by atomic mass is 35.5. The Morgan fingerprint density at radius 2 is 2.27 bits per heavy atom. The lowest BCUT2D eigenvalue weighted by Crippen LogP contribution is -2.03. The van der Waals surface area contributed by atoms with E-state index in [0.717, 1.165) is 5.56 Å². The molecule has 0 amide bonds. The summed E-state index contributed by atoms with van der Waals surface area (Å²) in [7, 11) is 1.29. The van der Waals surface area contributed by atoms with Gasteiger partial charge in [0.25, 0.3) is 0 Å². The molecule has 0 aromatic heterocycles. The van der Waals surface area contributed by atoms with Crippen LogP contribution in [-0.2, 0) is 11.2 Å². The van der Waals surface area contributed by atoms with Gasteiger partial charge in [0.1, 0.15) is 0 Å². The highest BCUT2D eigenvalue weighted by Gasteiger charge is 2.12. The van der Waals surface area contributed by atoms with E-state index in [-0.39, 0.29) is 0 Å². The van der Waals surface area contributed by atoms with Crippen LogP contribution in [-0.4, -0.2) is 13.1 Å². The Hall–Kier alpha value is -1.53. The fourth-order valence-corrected chi connectivity index (χ4v) is 1.68. The summed E-state index contributed by atoms with van der Waals surface area (Å²) in [5, 5.41) is 9.32. The predicted molar refractivity (Wildman–Crippen MR) is 56.9 cm³/mol. The lowest BCUT2D eigenvalue weighted by molar-refractivity contribution is 0.0600. The Bertz CT molecular complexity index is 435. The van der Waals surface area contributed by atoms with Gasteiger partial charge in [0.15, 0.2) is 0 Å².